The van der Waals surface area contributed by atoms with Gasteiger partial charge in [-0.2, -0.15) is 0 Å². The molecule has 6 heteroatoms. The first-order valence-corrected chi connectivity index (χ1v) is 7.51. The smallest absolute Gasteiger partial charge is 0.297 e. The van der Waals surface area contributed by atoms with Crippen LogP contribution >= 0.6 is 0 Å². The molecule has 1 aliphatic carbocycles. The number of halogens is 2. The molecule has 1 heterocycles. The summed E-state index contributed by atoms with van der Waals surface area (Å²) in [5.74, 6) is 0.0583. The van der Waals surface area contributed by atoms with Gasteiger partial charge < -0.3 is 10.1 Å². The van der Waals surface area contributed by atoms with Gasteiger partial charge in [0.1, 0.15) is 5.82 Å². The van der Waals surface area contributed by atoms with Gasteiger partial charge in [-0.3, -0.25) is 0 Å². The second-order valence-corrected chi connectivity index (χ2v) is 5.61. The van der Waals surface area contributed by atoms with Crippen molar-refractivity contribution in [3.63, 3.8) is 0 Å². The number of nitrogens with one attached hydrogen (secondary N) is 1. The highest BCUT2D eigenvalue weighted by Gasteiger charge is 2.23. The number of ether oxygens (including phenoxy) is 1. The van der Waals surface area contributed by atoms with E-state index in [0.717, 1.165) is 31.1 Å². The van der Waals surface area contributed by atoms with Crippen molar-refractivity contribution in [2.24, 2.45) is 0 Å². The average Bonchev–Trinajstić information content (AvgIpc) is 2.55. The molecule has 1 aliphatic rings. The van der Waals surface area contributed by atoms with Crippen LogP contribution in [0.1, 0.15) is 37.9 Å². The molecule has 3 rings (SSSR count). The summed E-state index contributed by atoms with van der Waals surface area (Å²) in [5, 5.41) is 4.09. The number of fused-ring (bicyclic) bond motifs is 1. The molecule has 1 N–H and O–H groups in total. The van der Waals surface area contributed by atoms with Crippen LogP contribution in [0, 0.1) is 0 Å². The van der Waals surface area contributed by atoms with E-state index in [4.69, 9.17) is 4.74 Å². The quantitative estimate of drug-likeness (QED) is 0.929. The molecule has 1 aromatic heterocycles. The normalized spacial score (nSPS) is 22.2. The number of rotatable bonds is 4. The highest BCUT2D eigenvalue weighted by molar-refractivity contribution is 5.89. The molecule has 1 aromatic carbocycles. The number of aromatic nitrogens is 2. The summed E-state index contributed by atoms with van der Waals surface area (Å²) < 4.78 is 31.4. The van der Waals surface area contributed by atoms with Crippen molar-refractivity contribution in [1.29, 1.82) is 0 Å². The van der Waals surface area contributed by atoms with Crippen LogP contribution in [-0.4, -0.2) is 29.2 Å². The molecule has 0 amide bonds. The number of methoxy groups -OCH3 is 1. The van der Waals surface area contributed by atoms with Crippen LogP contribution in [0.3, 0.4) is 0 Å². The van der Waals surface area contributed by atoms with Crippen molar-refractivity contribution in [2.75, 3.05) is 12.4 Å². The zero-order valence-corrected chi connectivity index (χ0v) is 12.4. The van der Waals surface area contributed by atoms with Gasteiger partial charge in [-0.25, -0.2) is 18.7 Å². The maximum atomic E-state index is 13.0. The lowest BCUT2D eigenvalue weighted by Gasteiger charge is -2.29. The zero-order chi connectivity index (χ0) is 15.5. The average molecular weight is 307 g/mol. The van der Waals surface area contributed by atoms with Gasteiger partial charge >= 0.3 is 0 Å². The standard InChI is InChI=1S/C16H19F2N3O/c1-22-11-6-4-5-10(9-11)19-15-12-7-2-3-8-13(12)20-16(21-15)14(17)18/h2-3,7-8,10-11,14H,4-6,9H2,1H3,(H,19,20,21). The number of hydrogen-bond donors (Lipinski definition) is 1. The first kappa shape index (κ1) is 15.1. The van der Waals surface area contributed by atoms with Crippen molar-refractivity contribution >= 4 is 16.7 Å². The largest absolute Gasteiger partial charge is 0.381 e. The van der Waals surface area contributed by atoms with E-state index in [1.807, 2.05) is 12.1 Å². The van der Waals surface area contributed by atoms with E-state index in [9.17, 15) is 8.78 Å². The van der Waals surface area contributed by atoms with Crippen molar-refractivity contribution in [1.82, 2.24) is 9.97 Å². The number of para-hydroxylation sites is 1. The molecule has 4 nitrogen and oxygen atoms in total. The Kier molecular flexibility index (Phi) is 4.47. The zero-order valence-electron chi connectivity index (χ0n) is 12.4. The lowest BCUT2D eigenvalue weighted by atomic mass is 9.93. The third kappa shape index (κ3) is 3.16. The van der Waals surface area contributed by atoms with E-state index in [-0.39, 0.29) is 12.1 Å². The fraction of sp³-hybridized carbons (Fsp3) is 0.500. The number of anilines is 1. The summed E-state index contributed by atoms with van der Waals surface area (Å²) in [4.78, 5) is 7.97. The highest BCUT2D eigenvalue weighted by Crippen LogP contribution is 2.28. The minimum atomic E-state index is -2.68. The first-order valence-electron chi connectivity index (χ1n) is 7.51. The summed E-state index contributed by atoms with van der Waals surface area (Å²) in [7, 11) is 1.71. The van der Waals surface area contributed by atoms with E-state index >= 15 is 0 Å². The van der Waals surface area contributed by atoms with Gasteiger partial charge in [-0.15, -0.1) is 0 Å². The van der Waals surface area contributed by atoms with Gasteiger partial charge in [0.15, 0.2) is 5.82 Å². The van der Waals surface area contributed by atoms with Gasteiger partial charge in [0.25, 0.3) is 6.43 Å². The van der Waals surface area contributed by atoms with Gasteiger partial charge in [-0.1, -0.05) is 12.1 Å². The monoisotopic (exact) mass is 307 g/mol. The molecule has 2 aromatic rings. The van der Waals surface area contributed by atoms with Crippen LogP contribution < -0.4 is 5.32 Å². The number of hydrogen-bond acceptors (Lipinski definition) is 4. The maximum absolute atomic E-state index is 13.0. The van der Waals surface area contributed by atoms with Gasteiger partial charge in [-0.05, 0) is 37.8 Å². The molecule has 118 valence electrons. The fourth-order valence-corrected chi connectivity index (χ4v) is 2.99. The SMILES string of the molecule is COC1CCCC(Nc2nc(C(F)F)nc3ccccc23)C1. The first-order chi connectivity index (χ1) is 10.7. The van der Waals surface area contributed by atoms with Crippen LogP contribution in [-0.2, 0) is 4.74 Å². The van der Waals surface area contributed by atoms with E-state index < -0.39 is 12.2 Å². The number of benzene rings is 1. The molecular formula is C16H19F2N3O. The van der Waals surface area contributed by atoms with Crippen LogP contribution in [0.4, 0.5) is 14.6 Å². The van der Waals surface area contributed by atoms with E-state index in [2.05, 4.69) is 15.3 Å². The Morgan fingerprint density at radius 1 is 1.23 bits per heavy atom. The highest BCUT2D eigenvalue weighted by atomic mass is 19.3. The maximum Gasteiger partial charge on any atom is 0.297 e. The molecule has 2 atom stereocenters. The Hall–Kier alpha value is -1.82. The summed E-state index contributed by atoms with van der Waals surface area (Å²) in [6.45, 7) is 0. The minimum Gasteiger partial charge on any atom is -0.381 e. The van der Waals surface area contributed by atoms with E-state index in [1.54, 1.807) is 19.2 Å². The number of nitrogens with zero attached hydrogens (tertiary/aromatic N) is 2. The van der Waals surface area contributed by atoms with Crippen molar-refractivity contribution in [3.8, 4) is 0 Å². The van der Waals surface area contributed by atoms with Gasteiger partial charge in [0, 0.05) is 18.5 Å². The molecule has 0 radical (unpaired) electrons. The van der Waals surface area contributed by atoms with Crippen LogP contribution in [0.25, 0.3) is 10.9 Å². The summed E-state index contributed by atoms with van der Waals surface area (Å²) in [6.07, 6.45) is 1.49. The third-order valence-corrected chi connectivity index (χ3v) is 4.12. The molecule has 0 bridgehead atoms. The molecular weight excluding hydrogens is 288 g/mol. The van der Waals surface area contributed by atoms with Crippen LogP contribution in [0.15, 0.2) is 24.3 Å². The topological polar surface area (TPSA) is 47.0 Å². The lowest BCUT2D eigenvalue weighted by molar-refractivity contribution is 0.0669. The Morgan fingerprint density at radius 2 is 2.05 bits per heavy atom. The minimum absolute atomic E-state index is 0.183. The molecule has 1 saturated carbocycles. The van der Waals surface area contributed by atoms with Crippen LogP contribution in [0.5, 0.6) is 0 Å². The Bertz CT molecular complexity index is 650. The second kappa shape index (κ2) is 6.52. The molecule has 0 aliphatic heterocycles. The van der Waals surface area contributed by atoms with Gasteiger partial charge in [0.05, 0.1) is 11.6 Å². The predicted octanol–water partition coefficient (Wildman–Crippen LogP) is 3.94. The molecule has 1 fully saturated rings. The predicted molar refractivity (Wildman–Crippen MR) is 81.2 cm³/mol. The Balaban J connectivity index is 1.91. The summed E-state index contributed by atoms with van der Waals surface area (Å²) in [6, 6.07) is 7.41. The number of alkyl halides is 2. The fourth-order valence-electron chi connectivity index (χ4n) is 2.99. The van der Waals surface area contributed by atoms with Gasteiger partial charge in [0.2, 0.25) is 0 Å². The molecule has 2 unspecified atom stereocenters. The van der Waals surface area contributed by atoms with Crippen molar-refractivity contribution in [3.05, 3.63) is 30.1 Å². The lowest BCUT2D eigenvalue weighted by Crippen LogP contribution is -2.31. The molecule has 0 saturated heterocycles. The van der Waals surface area contributed by atoms with Crippen LogP contribution in [0.2, 0.25) is 0 Å². The Labute approximate surface area is 127 Å². The summed E-state index contributed by atoms with van der Waals surface area (Å²) in [5.41, 5.74) is 0.536. The Morgan fingerprint density at radius 3 is 2.82 bits per heavy atom. The molecule has 22 heavy (non-hydrogen) atoms. The van der Waals surface area contributed by atoms with E-state index in [1.165, 1.54) is 0 Å². The summed E-state index contributed by atoms with van der Waals surface area (Å²) >= 11 is 0. The second-order valence-electron chi connectivity index (χ2n) is 5.61. The molecule has 0 spiro atoms. The van der Waals surface area contributed by atoms with Crippen molar-refractivity contribution in [2.45, 2.75) is 44.3 Å². The van der Waals surface area contributed by atoms with Crippen molar-refractivity contribution < 1.29 is 13.5 Å². The third-order valence-electron chi connectivity index (χ3n) is 4.12. The van der Waals surface area contributed by atoms with E-state index in [0.29, 0.717) is 11.3 Å².